The number of fused-ring (bicyclic) bond motifs is 1. The number of nitrogens with one attached hydrogen (secondary N) is 2. The molecule has 0 unspecified atom stereocenters. The first-order valence-corrected chi connectivity index (χ1v) is 9.12. The SMILES string of the molecule is CC[C@@H](C)NC(=O)c1cnn2c1C[C@H](CNC(=O)c1cccnc1)CC2. The Labute approximate surface area is 153 Å². The van der Waals surface area contributed by atoms with E-state index in [4.69, 9.17) is 0 Å². The summed E-state index contributed by atoms with van der Waals surface area (Å²) in [6.07, 6.45) is 7.40. The zero-order valence-electron chi connectivity index (χ0n) is 15.2. The first-order chi connectivity index (χ1) is 12.6. The largest absolute Gasteiger partial charge is 0.352 e. The predicted molar refractivity (Wildman–Crippen MR) is 97.8 cm³/mol. The number of aromatic nitrogens is 3. The van der Waals surface area contributed by atoms with E-state index in [1.165, 1.54) is 0 Å². The molecule has 2 aromatic rings. The molecule has 3 heterocycles. The van der Waals surface area contributed by atoms with Gasteiger partial charge in [-0.15, -0.1) is 0 Å². The number of nitrogens with zero attached hydrogens (tertiary/aromatic N) is 3. The molecule has 3 rings (SSSR count). The maximum absolute atomic E-state index is 12.5. The Balaban J connectivity index is 1.61. The number of hydrogen-bond acceptors (Lipinski definition) is 4. The zero-order valence-corrected chi connectivity index (χ0v) is 15.2. The molecule has 0 radical (unpaired) electrons. The summed E-state index contributed by atoms with van der Waals surface area (Å²) < 4.78 is 1.91. The Bertz CT molecular complexity index is 771. The highest BCUT2D eigenvalue weighted by molar-refractivity contribution is 5.95. The first-order valence-electron chi connectivity index (χ1n) is 9.12. The van der Waals surface area contributed by atoms with Gasteiger partial charge < -0.3 is 10.6 Å². The van der Waals surface area contributed by atoms with Gasteiger partial charge in [0.15, 0.2) is 0 Å². The van der Waals surface area contributed by atoms with Crippen LogP contribution in [0.1, 0.15) is 53.1 Å². The average molecular weight is 355 g/mol. The van der Waals surface area contributed by atoms with Crippen molar-refractivity contribution in [3.05, 3.63) is 47.5 Å². The standard InChI is InChI=1S/C19H25N5O2/c1-3-13(2)23-19(26)16-12-22-24-8-6-14(9-17(16)24)10-21-18(25)15-5-4-7-20-11-15/h4-5,7,11-14H,3,6,8-10H2,1-2H3,(H,21,25)(H,23,26)/t13-,14-/m1/s1. The molecule has 0 saturated heterocycles. The Morgan fingerprint density at radius 2 is 2.19 bits per heavy atom. The summed E-state index contributed by atoms with van der Waals surface area (Å²) in [5.74, 6) is 0.0996. The molecule has 7 heteroatoms. The Morgan fingerprint density at radius 1 is 1.35 bits per heavy atom. The molecule has 2 amide bonds. The van der Waals surface area contributed by atoms with Crippen LogP contribution in [0, 0.1) is 5.92 Å². The molecule has 2 N–H and O–H groups in total. The smallest absolute Gasteiger partial charge is 0.254 e. The van der Waals surface area contributed by atoms with Crippen LogP contribution in [0.15, 0.2) is 30.7 Å². The van der Waals surface area contributed by atoms with Gasteiger partial charge in [0.25, 0.3) is 11.8 Å². The number of aryl methyl sites for hydroxylation is 1. The summed E-state index contributed by atoms with van der Waals surface area (Å²) in [4.78, 5) is 28.6. The van der Waals surface area contributed by atoms with E-state index in [1.807, 2.05) is 18.5 Å². The lowest BCUT2D eigenvalue weighted by Gasteiger charge is -2.24. The van der Waals surface area contributed by atoms with E-state index in [2.05, 4.69) is 20.7 Å². The number of hydrogen-bond donors (Lipinski definition) is 2. The Morgan fingerprint density at radius 3 is 2.92 bits per heavy atom. The zero-order chi connectivity index (χ0) is 18.5. The minimum atomic E-state index is -0.119. The van der Waals surface area contributed by atoms with Crippen LogP contribution in [-0.2, 0) is 13.0 Å². The molecule has 2 atom stereocenters. The molecule has 0 aliphatic carbocycles. The van der Waals surface area contributed by atoms with Gasteiger partial charge in [0.1, 0.15) is 0 Å². The van der Waals surface area contributed by atoms with Crippen molar-refractivity contribution in [3.8, 4) is 0 Å². The van der Waals surface area contributed by atoms with E-state index in [0.717, 1.165) is 31.5 Å². The molecule has 0 bridgehead atoms. The summed E-state index contributed by atoms with van der Waals surface area (Å²) in [6.45, 7) is 5.37. The van der Waals surface area contributed by atoms with Crippen molar-refractivity contribution in [1.82, 2.24) is 25.4 Å². The number of pyridine rings is 1. The summed E-state index contributed by atoms with van der Waals surface area (Å²) in [7, 11) is 0. The second-order valence-corrected chi connectivity index (χ2v) is 6.82. The van der Waals surface area contributed by atoms with Crippen molar-refractivity contribution in [2.75, 3.05) is 6.54 Å². The summed E-state index contributed by atoms with van der Waals surface area (Å²) in [6, 6.07) is 3.63. The third-order valence-corrected chi connectivity index (χ3v) is 4.89. The second kappa shape index (κ2) is 8.12. The lowest BCUT2D eigenvalue weighted by atomic mass is 9.94. The van der Waals surface area contributed by atoms with Crippen molar-refractivity contribution in [3.63, 3.8) is 0 Å². The van der Waals surface area contributed by atoms with Gasteiger partial charge in [0.05, 0.1) is 23.0 Å². The second-order valence-electron chi connectivity index (χ2n) is 6.82. The van der Waals surface area contributed by atoms with Crippen LogP contribution in [0.2, 0.25) is 0 Å². The van der Waals surface area contributed by atoms with Crippen molar-refractivity contribution in [1.29, 1.82) is 0 Å². The third kappa shape index (κ3) is 4.09. The molecular formula is C19H25N5O2. The van der Waals surface area contributed by atoms with Gasteiger partial charge in [-0.3, -0.25) is 19.3 Å². The van der Waals surface area contributed by atoms with Gasteiger partial charge in [-0.2, -0.15) is 5.10 Å². The number of amides is 2. The molecular weight excluding hydrogens is 330 g/mol. The third-order valence-electron chi connectivity index (χ3n) is 4.89. The van der Waals surface area contributed by atoms with Crippen LogP contribution in [0.3, 0.4) is 0 Å². The maximum atomic E-state index is 12.5. The highest BCUT2D eigenvalue weighted by atomic mass is 16.2. The summed E-state index contributed by atoms with van der Waals surface area (Å²) in [5, 5.41) is 10.3. The number of carbonyl (C=O) groups excluding carboxylic acids is 2. The van der Waals surface area contributed by atoms with Crippen LogP contribution in [0.4, 0.5) is 0 Å². The van der Waals surface area contributed by atoms with Gasteiger partial charge in [-0.25, -0.2) is 0 Å². The monoisotopic (exact) mass is 355 g/mol. The maximum Gasteiger partial charge on any atom is 0.254 e. The van der Waals surface area contributed by atoms with Gasteiger partial charge in [-0.1, -0.05) is 6.92 Å². The van der Waals surface area contributed by atoms with Crippen LogP contribution in [-0.4, -0.2) is 39.2 Å². The normalized spacial score (nSPS) is 17.2. The molecule has 0 aromatic carbocycles. The molecule has 0 fully saturated rings. The minimum absolute atomic E-state index is 0.0688. The van der Waals surface area contributed by atoms with Gasteiger partial charge in [0.2, 0.25) is 0 Å². The van der Waals surface area contributed by atoms with E-state index in [9.17, 15) is 9.59 Å². The van der Waals surface area contributed by atoms with Crippen molar-refractivity contribution >= 4 is 11.8 Å². The first kappa shape index (κ1) is 18.1. The average Bonchev–Trinajstić information content (AvgIpc) is 3.10. The molecule has 7 nitrogen and oxygen atoms in total. The van der Waals surface area contributed by atoms with E-state index in [0.29, 0.717) is 17.7 Å². The number of rotatable bonds is 6. The number of carbonyl (C=O) groups is 2. The van der Waals surface area contributed by atoms with E-state index < -0.39 is 0 Å². The fraction of sp³-hybridized carbons (Fsp3) is 0.474. The van der Waals surface area contributed by atoms with Crippen LogP contribution in [0.5, 0.6) is 0 Å². The molecule has 138 valence electrons. The van der Waals surface area contributed by atoms with E-state index in [1.54, 1.807) is 30.7 Å². The molecule has 2 aromatic heterocycles. The van der Waals surface area contributed by atoms with Crippen molar-refractivity contribution in [2.45, 2.75) is 45.7 Å². The van der Waals surface area contributed by atoms with Crippen LogP contribution < -0.4 is 10.6 Å². The highest BCUT2D eigenvalue weighted by Gasteiger charge is 2.26. The van der Waals surface area contributed by atoms with Crippen LogP contribution in [0.25, 0.3) is 0 Å². The molecule has 26 heavy (non-hydrogen) atoms. The fourth-order valence-electron chi connectivity index (χ4n) is 3.10. The van der Waals surface area contributed by atoms with Crippen LogP contribution >= 0.6 is 0 Å². The van der Waals surface area contributed by atoms with Gasteiger partial charge in [-0.05, 0) is 44.2 Å². The molecule has 0 spiro atoms. The van der Waals surface area contributed by atoms with Crippen molar-refractivity contribution < 1.29 is 9.59 Å². The topological polar surface area (TPSA) is 88.9 Å². The summed E-state index contributed by atoms with van der Waals surface area (Å²) >= 11 is 0. The quantitative estimate of drug-likeness (QED) is 0.827. The van der Waals surface area contributed by atoms with Crippen molar-refractivity contribution in [2.24, 2.45) is 5.92 Å². The van der Waals surface area contributed by atoms with E-state index >= 15 is 0 Å². The van der Waals surface area contributed by atoms with Gasteiger partial charge in [0, 0.05) is 31.5 Å². The van der Waals surface area contributed by atoms with Gasteiger partial charge >= 0.3 is 0 Å². The Hall–Kier alpha value is -2.70. The highest BCUT2D eigenvalue weighted by Crippen LogP contribution is 2.23. The lowest BCUT2D eigenvalue weighted by molar-refractivity contribution is 0.0927. The Kier molecular flexibility index (Phi) is 5.65. The predicted octanol–water partition coefficient (Wildman–Crippen LogP) is 1.80. The minimum Gasteiger partial charge on any atom is -0.352 e. The fourth-order valence-corrected chi connectivity index (χ4v) is 3.10. The molecule has 1 aliphatic heterocycles. The van der Waals surface area contributed by atoms with E-state index in [-0.39, 0.29) is 23.8 Å². The summed E-state index contributed by atoms with van der Waals surface area (Å²) in [5.41, 5.74) is 2.16. The molecule has 1 aliphatic rings. The molecule has 0 saturated carbocycles. The lowest BCUT2D eigenvalue weighted by Crippen LogP contribution is -2.35.